The van der Waals surface area contributed by atoms with Crippen molar-refractivity contribution in [3.63, 3.8) is 0 Å². The lowest BCUT2D eigenvalue weighted by Gasteiger charge is -2.27. The van der Waals surface area contributed by atoms with Crippen molar-refractivity contribution in [2.75, 3.05) is 6.61 Å². The standard InChI is InChI=1S/C18H23NO/c1-14(12-17(19)13-20)18(15-8-4-2-5-9-15)16-10-6-3-7-11-16/h2-11,14,17-18,20H,12-13,19H2,1H3/t14?,17-/m0/s1. The average molecular weight is 269 g/mol. The van der Waals surface area contributed by atoms with Gasteiger partial charge < -0.3 is 10.8 Å². The van der Waals surface area contributed by atoms with E-state index in [4.69, 9.17) is 5.73 Å². The van der Waals surface area contributed by atoms with E-state index < -0.39 is 0 Å². The SMILES string of the molecule is CC(C[C@H](N)CO)C(c1ccccc1)c1ccccc1. The normalized spacial score (nSPS) is 14.2. The number of aliphatic hydroxyl groups excluding tert-OH is 1. The molecule has 20 heavy (non-hydrogen) atoms. The van der Waals surface area contributed by atoms with Crippen LogP contribution < -0.4 is 5.73 Å². The van der Waals surface area contributed by atoms with E-state index in [2.05, 4.69) is 55.5 Å². The molecule has 2 rings (SSSR count). The molecule has 0 saturated heterocycles. The zero-order chi connectivity index (χ0) is 14.4. The van der Waals surface area contributed by atoms with E-state index in [1.54, 1.807) is 0 Å². The third-order valence-corrected chi connectivity index (χ3v) is 3.80. The Balaban J connectivity index is 2.30. The van der Waals surface area contributed by atoms with Crippen LogP contribution >= 0.6 is 0 Å². The van der Waals surface area contributed by atoms with Crippen molar-refractivity contribution in [1.29, 1.82) is 0 Å². The maximum atomic E-state index is 9.18. The van der Waals surface area contributed by atoms with E-state index in [1.165, 1.54) is 11.1 Å². The number of rotatable bonds is 6. The molecule has 0 fully saturated rings. The first-order valence-electron chi connectivity index (χ1n) is 7.18. The van der Waals surface area contributed by atoms with Gasteiger partial charge in [0.05, 0.1) is 6.61 Å². The second-order valence-electron chi connectivity index (χ2n) is 5.45. The lowest BCUT2D eigenvalue weighted by atomic mass is 9.79. The molecule has 0 aliphatic heterocycles. The van der Waals surface area contributed by atoms with Crippen LogP contribution in [0.1, 0.15) is 30.4 Å². The molecule has 106 valence electrons. The van der Waals surface area contributed by atoms with Crippen LogP contribution in [0.15, 0.2) is 60.7 Å². The molecule has 0 radical (unpaired) electrons. The first-order chi connectivity index (χ1) is 9.72. The Hall–Kier alpha value is -1.64. The molecule has 0 aliphatic rings. The van der Waals surface area contributed by atoms with Crippen molar-refractivity contribution < 1.29 is 5.11 Å². The van der Waals surface area contributed by atoms with Crippen LogP contribution in [-0.2, 0) is 0 Å². The van der Waals surface area contributed by atoms with Crippen molar-refractivity contribution in [3.05, 3.63) is 71.8 Å². The number of hydrogen-bond donors (Lipinski definition) is 2. The van der Waals surface area contributed by atoms with Crippen molar-refractivity contribution in [2.45, 2.75) is 25.3 Å². The Kier molecular flexibility index (Phi) is 5.33. The van der Waals surface area contributed by atoms with E-state index in [0.29, 0.717) is 11.8 Å². The maximum Gasteiger partial charge on any atom is 0.0582 e. The van der Waals surface area contributed by atoms with Crippen LogP contribution in [0.4, 0.5) is 0 Å². The van der Waals surface area contributed by atoms with Crippen LogP contribution in [0.5, 0.6) is 0 Å². The fourth-order valence-electron chi connectivity index (χ4n) is 2.86. The van der Waals surface area contributed by atoms with Gasteiger partial charge in [0.2, 0.25) is 0 Å². The third kappa shape index (κ3) is 3.69. The predicted octanol–water partition coefficient (Wildman–Crippen LogP) is 3.16. The second-order valence-corrected chi connectivity index (χ2v) is 5.45. The van der Waals surface area contributed by atoms with Gasteiger partial charge in [-0.3, -0.25) is 0 Å². The van der Waals surface area contributed by atoms with Crippen LogP contribution in [0, 0.1) is 5.92 Å². The van der Waals surface area contributed by atoms with Crippen LogP contribution in [0.3, 0.4) is 0 Å². The summed E-state index contributed by atoms with van der Waals surface area (Å²) in [6.07, 6.45) is 0.810. The zero-order valence-electron chi connectivity index (χ0n) is 11.9. The molecular weight excluding hydrogens is 246 g/mol. The van der Waals surface area contributed by atoms with Gasteiger partial charge >= 0.3 is 0 Å². The molecule has 0 aliphatic carbocycles. The monoisotopic (exact) mass is 269 g/mol. The Labute approximate surface area is 121 Å². The summed E-state index contributed by atoms with van der Waals surface area (Å²) in [6.45, 7) is 2.25. The summed E-state index contributed by atoms with van der Waals surface area (Å²) in [5.41, 5.74) is 8.52. The van der Waals surface area contributed by atoms with Crippen LogP contribution in [0.25, 0.3) is 0 Å². The van der Waals surface area contributed by atoms with Gasteiger partial charge in [0.1, 0.15) is 0 Å². The van der Waals surface area contributed by atoms with E-state index in [-0.39, 0.29) is 12.6 Å². The minimum Gasteiger partial charge on any atom is -0.395 e. The molecule has 2 aromatic rings. The molecule has 0 saturated carbocycles. The van der Waals surface area contributed by atoms with Gasteiger partial charge in [0.15, 0.2) is 0 Å². The van der Waals surface area contributed by atoms with Crippen molar-refractivity contribution in [1.82, 2.24) is 0 Å². The summed E-state index contributed by atoms with van der Waals surface area (Å²) in [7, 11) is 0. The Morgan fingerprint density at radius 3 is 1.75 bits per heavy atom. The highest BCUT2D eigenvalue weighted by Gasteiger charge is 2.22. The molecule has 0 spiro atoms. The topological polar surface area (TPSA) is 46.2 Å². The molecule has 2 aromatic carbocycles. The van der Waals surface area contributed by atoms with Crippen molar-refractivity contribution in [2.24, 2.45) is 11.7 Å². The summed E-state index contributed by atoms with van der Waals surface area (Å²) < 4.78 is 0. The van der Waals surface area contributed by atoms with E-state index in [1.807, 2.05) is 12.1 Å². The van der Waals surface area contributed by atoms with E-state index >= 15 is 0 Å². The quantitative estimate of drug-likeness (QED) is 0.846. The highest BCUT2D eigenvalue weighted by atomic mass is 16.3. The summed E-state index contributed by atoms with van der Waals surface area (Å²) in [6, 6.07) is 20.9. The predicted molar refractivity (Wildman–Crippen MR) is 83.6 cm³/mol. The molecule has 0 heterocycles. The number of nitrogens with two attached hydrogens (primary N) is 1. The molecule has 2 atom stereocenters. The summed E-state index contributed by atoms with van der Waals surface area (Å²) in [4.78, 5) is 0. The average Bonchev–Trinajstić information content (AvgIpc) is 2.49. The molecule has 0 aromatic heterocycles. The van der Waals surface area contributed by atoms with Crippen LogP contribution in [0.2, 0.25) is 0 Å². The second kappa shape index (κ2) is 7.22. The van der Waals surface area contributed by atoms with E-state index in [0.717, 1.165) is 6.42 Å². The molecule has 2 heteroatoms. The number of benzene rings is 2. The van der Waals surface area contributed by atoms with Gasteiger partial charge in [0.25, 0.3) is 0 Å². The lowest BCUT2D eigenvalue weighted by Crippen LogP contribution is -2.28. The minimum absolute atomic E-state index is 0.0423. The first-order valence-corrected chi connectivity index (χ1v) is 7.18. The maximum absolute atomic E-state index is 9.18. The zero-order valence-corrected chi connectivity index (χ0v) is 11.9. The van der Waals surface area contributed by atoms with Gasteiger partial charge in [-0.15, -0.1) is 0 Å². The largest absolute Gasteiger partial charge is 0.395 e. The third-order valence-electron chi connectivity index (χ3n) is 3.80. The first kappa shape index (κ1) is 14.8. The molecule has 2 nitrogen and oxygen atoms in total. The van der Waals surface area contributed by atoms with Crippen molar-refractivity contribution in [3.8, 4) is 0 Å². The molecule has 0 amide bonds. The highest BCUT2D eigenvalue weighted by molar-refractivity contribution is 5.33. The van der Waals surface area contributed by atoms with Gasteiger partial charge in [-0.05, 0) is 23.5 Å². The fourth-order valence-corrected chi connectivity index (χ4v) is 2.86. The molecule has 0 bridgehead atoms. The highest BCUT2D eigenvalue weighted by Crippen LogP contribution is 2.34. The molecule has 3 N–H and O–H groups in total. The number of aliphatic hydroxyl groups is 1. The van der Waals surface area contributed by atoms with Gasteiger partial charge in [0, 0.05) is 12.0 Å². The van der Waals surface area contributed by atoms with Crippen molar-refractivity contribution >= 4 is 0 Å². The Morgan fingerprint density at radius 1 is 0.900 bits per heavy atom. The lowest BCUT2D eigenvalue weighted by molar-refractivity contribution is 0.243. The van der Waals surface area contributed by atoms with E-state index in [9.17, 15) is 5.11 Å². The van der Waals surface area contributed by atoms with Gasteiger partial charge in [-0.2, -0.15) is 0 Å². The molecule has 1 unspecified atom stereocenters. The fraction of sp³-hybridized carbons (Fsp3) is 0.333. The molecular formula is C18H23NO. The summed E-state index contributed by atoms with van der Waals surface area (Å²) in [5.74, 6) is 0.692. The minimum atomic E-state index is -0.153. The van der Waals surface area contributed by atoms with Gasteiger partial charge in [-0.25, -0.2) is 0 Å². The number of hydrogen-bond acceptors (Lipinski definition) is 2. The Bertz CT molecular complexity index is 458. The summed E-state index contributed by atoms with van der Waals surface area (Å²) >= 11 is 0. The smallest absolute Gasteiger partial charge is 0.0582 e. The van der Waals surface area contributed by atoms with Gasteiger partial charge in [-0.1, -0.05) is 67.6 Å². The van der Waals surface area contributed by atoms with Crippen LogP contribution in [-0.4, -0.2) is 17.8 Å². The summed E-state index contributed by atoms with van der Waals surface area (Å²) in [5, 5.41) is 9.18. The Morgan fingerprint density at radius 2 is 1.35 bits per heavy atom.